The maximum atomic E-state index is 5.66. The maximum absolute atomic E-state index is 5.66. The molecule has 4 aromatic rings. The number of benzene rings is 3. The number of ether oxygens (including phenoxy) is 2. The molecule has 1 aliphatic rings. The third kappa shape index (κ3) is 5.87. The monoisotopic (exact) mass is 524 g/mol. The summed E-state index contributed by atoms with van der Waals surface area (Å²) in [5.74, 6) is 2.18. The van der Waals surface area contributed by atoms with Crippen molar-refractivity contribution in [3.05, 3.63) is 101 Å². The van der Waals surface area contributed by atoms with E-state index in [1.165, 1.54) is 5.56 Å². The van der Waals surface area contributed by atoms with Gasteiger partial charge < -0.3 is 9.47 Å². The Morgan fingerprint density at radius 1 is 0.846 bits per heavy atom. The van der Waals surface area contributed by atoms with Crippen molar-refractivity contribution in [3.8, 4) is 17.2 Å². The van der Waals surface area contributed by atoms with Gasteiger partial charge in [-0.1, -0.05) is 66.7 Å². The van der Waals surface area contributed by atoms with Crippen LogP contribution in [0.5, 0.6) is 11.5 Å². The molecule has 1 atom stereocenters. The number of para-hydroxylation sites is 1. The molecule has 0 amide bonds. The highest BCUT2D eigenvalue weighted by atomic mass is 16.5. The predicted molar refractivity (Wildman–Crippen MR) is 154 cm³/mol. The first-order valence-electron chi connectivity index (χ1n) is 13.3. The van der Waals surface area contributed by atoms with Crippen LogP contribution in [0, 0.1) is 13.8 Å². The number of methoxy groups -OCH3 is 2. The Labute approximate surface area is 230 Å². The second kappa shape index (κ2) is 12.2. The van der Waals surface area contributed by atoms with Gasteiger partial charge in [-0.2, -0.15) is 4.68 Å². The lowest BCUT2D eigenvalue weighted by atomic mass is 10.0. The lowest BCUT2D eigenvalue weighted by molar-refractivity contribution is 0.113. The summed E-state index contributed by atoms with van der Waals surface area (Å²) < 4.78 is 13.1. The third-order valence-electron chi connectivity index (χ3n) is 7.36. The van der Waals surface area contributed by atoms with Crippen LogP contribution in [0.1, 0.15) is 34.1 Å². The van der Waals surface area contributed by atoms with Gasteiger partial charge in [0.2, 0.25) is 0 Å². The van der Waals surface area contributed by atoms with Gasteiger partial charge in [0.05, 0.1) is 25.9 Å². The molecular formula is C31H36N6O2. The fourth-order valence-corrected chi connectivity index (χ4v) is 5.32. The zero-order valence-corrected chi connectivity index (χ0v) is 23.1. The highest BCUT2D eigenvalue weighted by Crippen LogP contribution is 2.36. The molecule has 202 valence electrons. The van der Waals surface area contributed by atoms with Crippen LogP contribution >= 0.6 is 0 Å². The van der Waals surface area contributed by atoms with E-state index in [0.29, 0.717) is 11.5 Å². The summed E-state index contributed by atoms with van der Waals surface area (Å²) in [4.78, 5) is 4.95. The van der Waals surface area contributed by atoms with Gasteiger partial charge >= 0.3 is 0 Å². The van der Waals surface area contributed by atoms with Gasteiger partial charge in [0, 0.05) is 32.7 Å². The summed E-state index contributed by atoms with van der Waals surface area (Å²) in [6, 6.07) is 22.6. The van der Waals surface area contributed by atoms with Gasteiger partial charge in [0.1, 0.15) is 0 Å². The number of hydrogen-bond donors (Lipinski definition) is 0. The van der Waals surface area contributed by atoms with Crippen LogP contribution in [-0.2, 0) is 0 Å². The van der Waals surface area contributed by atoms with E-state index >= 15 is 0 Å². The Kier molecular flexibility index (Phi) is 8.34. The van der Waals surface area contributed by atoms with Crippen molar-refractivity contribution < 1.29 is 9.47 Å². The molecule has 0 spiro atoms. The second-order valence-corrected chi connectivity index (χ2v) is 9.86. The largest absolute Gasteiger partial charge is 0.493 e. The minimum Gasteiger partial charge on any atom is -0.493 e. The van der Waals surface area contributed by atoms with E-state index in [1.807, 2.05) is 22.9 Å². The van der Waals surface area contributed by atoms with Gasteiger partial charge in [-0.15, -0.1) is 5.10 Å². The van der Waals surface area contributed by atoms with Crippen LogP contribution < -0.4 is 9.47 Å². The smallest absolute Gasteiger partial charge is 0.178 e. The number of aryl methyl sites for hydroxylation is 2. The molecule has 2 heterocycles. The molecule has 39 heavy (non-hydrogen) atoms. The van der Waals surface area contributed by atoms with Crippen molar-refractivity contribution in [1.29, 1.82) is 0 Å². The van der Waals surface area contributed by atoms with Crippen LogP contribution in [0.25, 0.3) is 11.8 Å². The summed E-state index contributed by atoms with van der Waals surface area (Å²) in [6.07, 6.45) is 4.44. The number of hydrogen-bond acceptors (Lipinski definition) is 7. The second-order valence-electron chi connectivity index (χ2n) is 9.86. The van der Waals surface area contributed by atoms with Crippen molar-refractivity contribution in [3.63, 3.8) is 0 Å². The Morgan fingerprint density at radius 2 is 1.56 bits per heavy atom. The Hall–Kier alpha value is -4.01. The fourth-order valence-electron chi connectivity index (χ4n) is 5.32. The quantitative estimate of drug-likeness (QED) is 0.314. The molecule has 1 aromatic heterocycles. The first-order valence-corrected chi connectivity index (χ1v) is 13.3. The van der Waals surface area contributed by atoms with E-state index < -0.39 is 0 Å². The number of rotatable bonds is 9. The summed E-state index contributed by atoms with van der Waals surface area (Å²) in [5, 5.41) is 13.2. The average Bonchev–Trinajstić information content (AvgIpc) is 3.43. The fraction of sp³-hybridized carbons (Fsp3) is 0.323. The normalized spacial score (nSPS) is 15.5. The molecule has 8 nitrogen and oxygen atoms in total. The van der Waals surface area contributed by atoms with Gasteiger partial charge in [-0.3, -0.25) is 9.80 Å². The SMILES string of the molecule is COc1ccc(C(c2nnnn2-c2c(C)cccc2C)N2CCN(CC=Cc3ccccc3)CC2)cc1OC. The van der Waals surface area contributed by atoms with E-state index in [2.05, 4.69) is 99.9 Å². The van der Waals surface area contributed by atoms with E-state index in [-0.39, 0.29) is 6.04 Å². The third-order valence-corrected chi connectivity index (χ3v) is 7.36. The molecule has 1 aliphatic heterocycles. The molecule has 1 saturated heterocycles. The van der Waals surface area contributed by atoms with Crippen molar-refractivity contribution in [2.75, 3.05) is 46.9 Å². The lowest BCUT2D eigenvalue weighted by Crippen LogP contribution is -2.48. The molecule has 8 heteroatoms. The van der Waals surface area contributed by atoms with Gasteiger partial charge in [-0.25, -0.2) is 0 Å². The molecule has 0 saturated carbocycles. The molecule has 1 fully saturated rings. The summed E-state index contributed by atoms with van der Waals surface area (Å²) in [6.45, 7) is 8.79. The molecule has 5 rings (SSSR count). The molecular weight excluding hydrogens is 488 g/mol. The Bertz CT molecular complexity index is 1390. The number of piperazine rings is 1. The number of tetrazole rings is 1. The van der Waals surface area contributed by atoms with Crippen LogP contribution in [0.4, 0.5) is 0 Å². The van der Waals surface area contributed by atoms with Gasteiger partial charge in [-0.05, 0) is 58.7 Å². The van der Waals surface area contributed by atoms with Crippen LogP contribution in [0.15, 0.2) is 72.8 Å². The van der Waals surface area contributed by atoms with Crippen molar-refractivity contribution >= 4 is 6.08 Å². The van der Waals surface area contributed by atoms with Crippen LogP contribution in [0.3, 0.4) is 0 Å². The summed E-state index contributed by atoms with van der Waals surface area (Å²) in [7, 11) is 3.32. The first kappa shape index (κ1) is 26.6. The van der Waals surface area contributed by atoms with E-state index in [0.717, 1.165) is 60.9 Å². The molecule has 0 N–H and O–H groups in total. The van der Waals surface area contributed by atoms with E-state index in [9.17, 15) is 0 Å². The van der Waals surface area contributed by atoms with Crippen LogP contribution in [0.2, 0.25) is 0 Å². The van der Waals surface area contributed by atoms with Gasteiger partial charge in [0.25, 0.3) is 0 Å². The van der Waals surface area contributed by atoms with Crippen molar-refractivity contribution in [1.82, 2.24) is 30.0 Å². The van der Waals surface area contributed by atoms with Gasteiger partial charge in [0.15, 0.2) is 17.3 Å². The molecule has 0 radical (unpaired) electrons. The Balaban J connectivity index is 1.44. The lowest BCUT2D eigenvalue weighted by Gasteiger charge is -2.38. The molecule has 0 bridgehead atoms. The highest BCUT2D eigenvalue weighted by Gasteiger charge is 2.32. The van der Waals surface area contributed by atoms with Crippen LogP contribution in [-0.4, -0.2) is 77.0 Å². The Morgan fingerprint density at radius 3 is 2.26 bits per heavy atom. The molecule has 3 aromatic carbocycles. The standard InChI is InChI=1S/C31H36N6O2/c1-23-10-8-11-24(2)29(23)37-31(32-33-34-37)30(26-15-16-27(38-3)28(22-26)39-4)36-20-18-35(19-21-36)17-9-14-25-12-6-5-7-13-25/h5-16,22,30H,17-21H2,1-4H3. The maximum Gasteiger partial charge on any atom is 0.178 e. The molecule has 1 unspecified atom stereocenters. The van der Waals surface area contributed by atoms with E-state index in [4.69, 9.17) is 9.47 Å². The number of nitrogens with zero attached hydrogens (tertiary/aromatic N) is 6. The first-order chi connectivity index (χ1) is 19.1. The van der Waals surface area contributed by atoms with Crippen molar-refractivity contribution in [2.24, 2.45) is 0 Å². The predicted octanol–water partition coefficient (Wildman–Crippen LogP) is 4.72. The topological polar surface area (TPSA) is 68.5 Å². The van der Waals surface area contributed by atoms with E-state index in [1.54, 1.807) is 14.2 Å². The zero-order chi connectivity index (χ0) is 27.2. The van der Waals surface area contributed by atoms with Crippen molar-refractivity contribution in [2.45, 2.75) is 19.9 Å². The minimum absolute atomic E-state index is 0.152. The minimum atomic E-state index is -0.152. The summed E-state index contributed by atoms with van der Waals surface area (Å²) in [5.41, 5.74) is 5.57. The summed E-state index contributed by atoms with van der Waals surface area (Å²) >= 11 is 0. The zero-order valence-electron chi connectivity index (χ0n) is 23.1. The number of aromatic nitrogens is 4. The molecule has 0 aliphatic carbocycles. The average molecular weight is 525 g/mol. The highest BCUT2D eigenvalue weighted by molar-refractivity contribution is 5.50.